The van der Waals surface area contributed by atoms with Crippen molar-refractivity contribution in [3.8, 4) is 5.75 Å². The maximum Gasteiger partial charge on any atom is 0.347 e. The Morgan fingerprint density at radius 3 is 2.44 bits per heavy atom. The van der Waals surface area contributed by atoms with Crippen molar-refractivity contribution in [2.24, 2.45) is 17.3 Å². The number of carbonyl (C=O) groups is 5. The first-order valence-corrected chi connectivity index (χ1v) is 21.7. The zero-order valence-electron chi connectivity index (χ0n) is 37.4. The van der Waals surface area contributed by atoms with Crippen LogP contribution < -0.4 is 15.4 Å². The molecule has 1 saturated heterocycles. The number of benzene rings is 2. The number of aryl methyl sites for hydroxylation is 1. The molecule has 0 unspecified atom stereocenters. The van der Waals surface area contributed by atoms with Crippen LogP contribution >= 0.6 is 11.6 Å². The number of aromatic nitrogens is 3. The highest BCUT2D eigenvalue weighted by molar-refractivity contribution is 6.32. The predicted molar refractivity (Wildman–Crippen MR) is 233 cm³/mol. The normalized spacial score (nSPS) is 23.0. The lowest BCUT2D eigenvalue weighted by Gasteiger charge is -2.29. The molecule has 2 N–H and O–H groups in total. The van der Waals surface area contributed by atoms with Crippen molar-refractivity contribution < 1.29 is 47.7 Å². The van der Waals surface area contributed by atoms with Crippen LogP contribution in [0.25, 0.3) is 0 Å². The Labute approximate surface area is 374 Å². The minimum Gasteiger partial charge on any atom is -0.495 e. The van der Waals surface area contributed by atoms with Crippen molar-refractivity contribution in [3.05, 3.63) is 88.2 Å². The molecular formula is C46H61ClN6O10. The van der Waals surface area contributed by atoms with E-state index in [9.17, 15) is 24.0 Å². The summed E-state index contributed by atoms with van der Waals surface area (Å²) in [5.41, 5.74) is 2.33. The lowest BCUT2D eigenvalue weighted by Crippen LogP contribution is -2.51. The Hall–Kier alpha value is -5.32. The van der Waals surface area contributed by atoms with Gasteiger partial charge in [-0.3, -0.25) is 28.8 Å². The number of nitrogens with zero attached hydrogens (tertiary/aromatic N) is 4. The third-order valence-corrected chi connectivity index (χ3v) is 11.3. The number of nitrogens with one attached hydrogen (secondary N) is 2. The molecule has 3 aromatic rings. The standard InChI is InChI=1S/C46H61ClN6O10/c1-28(2)21-38-44(57)61-36(11-9-12-39(54)49-35(23-31-16-19-37(59-7)34(47)22-31)43(56)48-27-46(4,5)45(58)62-38)29(3)41-42(63-41)32-17-14-30(15-18-32)24-52(6)25-33-26-53(51-50-33)20-10-13-40(55)60-8/h9,12,14-19,22,26,28-29,35-36,38,41-42H,10-11,13,20-21,23-25,27H2,1-8H3,(H,48,56)(H,49,54)/b12-9+/t29-,35+,36-,38-,41+,42+/m0/s1. The number of esters is 3. The van der Waals surface area contributed by atoms with Gasteiger partial charge in [-0.05, 0) is 74.6 Å². The molecule has 0 aliphatic carbocycles. The molecule has 1 aromatic heterocycles. The molecular weight excluding hydrogens is 832 g/mol. The molecule has 5 rings (SSSR count). The van der Waals surface area contributed by atoms with Gasteiger partial charge in [-0.1, -0.05) is 74.0 Å². The van der Waals surface area contributed by atoms with E-state index in [-0.39, 0.29) is 55.8 Å². The van der Waals surface area contributed by atoms with Crippen molar-refractivity contribution in [1.82, 2.24) is 30.5 Å². The first-order chi connectivity index (χ1) is 30.0. The van der Waals surface area contributed by atoms with Gasteiger partial charge >= 0.3 is 17.9 Å². The second kappa shape index (κ2) is 22.3. The second-order valence-corrected chi connectivity index (χ2v) is 17.8. The number of ether oxygens (including phenoxy) is 5. The zero-order chi connectivity index (χ0) is 45.8. The fourth-order valence-corrected chi connectivity index (χ4v) is 7.57. The van der Waals surface area contributed by atoms with Crippen LogP contribution in [0.5, 0.6) is 5.75 Å². The average molecular weight is 893 g/mol. The number of amides is 2. The van der Waals surface area contributed by atoms with Crippen LogP contribution in [0.1, 0.15) is 88.8 Å². The predicted octanol–water partition coefficient (Wildman–Crippen LogP) is 5.30. The number of methoxy groups -OCH3 is 2. The van der Waals surface area contributed by atoms with Gasteiger partial charge < -0.3 is 34.3 Å². The SMILES string of the molecule is COC(=O)CCCn1cc(CN(C)Cc2ccc([C@H]3O[C@@H]3[C@@H](C)[C@@H]3C/C=C/C(=O)N[C@H](Cc4ccc(OC)c(Cl)c4)C(=O)NCC(C)(C)C(=O)O[C@@H](CC(C)C)C(=O)O3)cc2)nn1. The number of cyclic esters (lactones) is 2. The van der Waals surface area contributed by atoms with E-state index >= 15 is 0 Å². The molecule has 2 amide bonds. The number of hydrogen-bond acceptors (Lipinski definition) is 13. The molecule has 1 fully saturated rings. The van der Waals surface area contributed by atoms with Gasteiger partial charge in [-0.25, -0.2) is 4.79 Å². The topological polar surface area (TPSA) is 193 Å². The summed E-state index contributed by atoms with van der Waals surface area (Å²) in [6, 6.07) is 12.3. The molecule has 0 saturated carbocycles. The van der Waals surface area contributed by atoms with Gasteiger partial charge in [0.15, 0.2) is 6.10 Å². The Kier molecular flexibility index (Phi) is 17.3. The summed E-state index contributed by atoms with van der Waals surface area (Å²) in [5, 5.41) is 14.4. The number of halogens is 1. The van der Waals surface area contributed by atoms with Gasteiger partial charge in [0.05, 0.1) is 36.5 Å². The molecule has 0 radical (unpaired) electrons. The van der Waals surface area contributed by atoms with E-state index in [4.69, 9.17) is 35.3 Å². The maximum absolute atomic E-state index is 13.9. The molecule has 3 heterocycles. The Morgan fingerprint density at radius 1 is 1.03 bits per heavy atom. The van der Waals surface area contributed by atoms with Gasteiger partial charge in [-0.15, -0.1) is 5.10 Å². The molecule has 2 aliphatic heterocycles. The highest BCUT2D eigenvalue weighted by Crippen LogP contribution is 2.45. The Morgan fingerprint density at radius 2 is 1.76 bits per heavy atom. The van der Waals surface area contributed by atoms with Crippen molar-refractivity contribution in [1.29, 1.82) is 0 Å². The number of epoxide rings is 1. The molecule has 6 atom stereocenters. The van der Waals surface area contributed by atoms with Crippen molar-refractivity contribution in [2.45, 2.75) is 117 Å². The minimum absolute atomic E-state index is 0.0135. The Bertz CT molecular complexity index is 2090. The average Bonchev–Trinajstić information content (AvgIpc) is 3.92. The van der Waals surface area contributed by atoms with E-state index in [1.165, 1.54) is 20.3 Å². The van der Waals surface area contributed by atoms with Gasteiger partial charge in [0, 0.05) is 57.6 Å². The monoisotopic (exact) mass is 892 g/mol. The maximum atomic E-state index is 13.9. The van der Waals surface area contributed by atoms with E-state index in [0.717, 1.165) is 16.8 Å². The third-order valence-electron chi connectivity index (χ3n) is 11.1. The Balaban J connectivity index is 1.27. The highest BCUT2D eigenvalue weighted by Gasteiger charge is 2.48. The van der Waals surface area contributed by atoms with Gasteiger partial charge in [-0.2, -0.15) is 0 Å². The van der Waals surface area contributed by atoms with Gasteiger partial charge in [0.2, 0.25) is 11.8 Å². The molecule has 17 heteroatoms. The highest BCUT2D eigenvalue weighted by atomic mass is 35.5. The van der Waals surface area contributed by atoms with Crippen LogP contribution in [-0.2, 0) is 69.0 Å². The van der Waals surface area contributed by atoms with E-state index in [1.807, 2.05) is 46.1 Å². The third kappa shape index (κ3) is 14.3. The summed E-state index contributed by atoms with van der Waals surface area (Å²) in [6.45, 7) is 10.7. The van der Waals surface area contributed by atoms with E-state index in [2.05, 4.69) is 38.0 Å². The van der Waals surface area contributed by atoms with Crippen LogP contribution in [0.15, 0.2) is 60.8 Å². The first kappa shape index (κ1) is 48.7. The van der Waals surface area contributed by atoms with Crippen LogP contribution in [-0.4, -0.2) is 102 Å². The molecule has 0 spiro atoms. The number of carbonyl (C=O) groups excluding carboxylic acids is 5. The fourth-order valence-electron chi connectivity index (χ4n) is 7.29. The van der Waals surface area contributed by atoms with Crippen LogP contribution in [0.4, 0.5) is 0 Å². The summed E-state index contributed by atoms with van der Waals surface area (Å²) in [5.74, 6) is -2.52. The largest absolute Gasteiger partial charge is 0.495 e. The first-order valence-electron chi connectivity index (χ1n) is 21.3. The second-order valence-electron chi connectivity index (χ2n) is 17.4. The summed E-state index contributed by atoms with van der Waals surface area (Å²) in [7, 11) is 4.88. The summed E-state index contributed by atoms with van der Waals surface area (Å²) in [4.78, 5) is 68.0. The zero-order valence-corrected chi connectivity index (χ0v) is 38.2. The summed E-state index contributed by atoms with van der Waals surface area (Å²) in [6.07, 6.45) is 3.75. The van der Waals surface area contributed by atoms with Crippen molar-refractivity contribution in [2.75, 3.05) is 27.8 Å². The van der Waals surface area contributed by atoms with E-state index < -0.39 is 47.4 Å². The number of rotatable bonds is 16. The molecule has 16 nitrogen and oxygen atoms in total. The van der Waals surface area contributed by atoms with Crippen LogP contribution in [0.2, 0.25) is 5.02 Å². The fraction of sp³-hybridized carbons (Fsp3) is 0.543. The van der Waals surface area contributed by atoms with Gasteiger partial charge in [0.1, 0.15) is 24.0 Å². The molecule has 342 valence electrons. The van der Waals surface area contributed by atoms with Crippen LogP contribution in [0.3, 0.4) is 0 Å². The van der Waals surface area contributed by atoms with Crippen molar-refractivity contribution in [3.63, 3.8) is 0 Å². The van der Waals surface area contributed by atoms with Crippen LogP contribution in [0, 0.1) is 17.3 Å². The van der Waals surface area contributed by atoms with E-state index in [1.54, 1.807) is 42.8 Å². The molecule has 2 aromatic carbocycles. The quantitative estimate of drug-likeness (QED) is 0.107. The minimum atomic E-state index is -1.23. The van der Waals surface area contributed by atoms with Crippen molar-refractivity contribution >= 4 is 41.3 Å². The molecule has 0 bridgehead atoms. The lowest BCUT2D eigenvalue weighted by atomic mass is 9.92. The van der Waals surface area contributed by atoms with E-state index in [0.29, 0.717) is 48.8 Å². The van der Waals surface area contributed by atoms with Gasteiger partial charge in [0.25, 0.3) is 0 Å². The molecule has 63 heavy (non-hydrogen) atoms. The lowest BCUT2D eigenvalue weighted by molar-refractivity contribution is -0.179. The summed E-state index contributed by atoms with van der Waals surface area (Å²) < 4.78 is 29.9. The summed E-state index contributed by atoms with van der Waals surface area (Å²) >= 11 is 6.37. The molecule has 2 aliphatic rings. The smallest absolute Gasteiger partial charge is 0.347 e. The number of hydrogen-bond donors (Lipinski definition) is 2.